The van der Waals surface area contributed by atoms with E-state index in [0.29, 0.717) is 17.7 Å². The number of para-hydroxylation sites is 1. The van der Waals surface area contributed by atoms with Crippen LogP contribution in [0.1, 0.15) is 51.9 Å². The molecule has 2 fully saturated rings. The fraction of sp³-hybridized carbons (Fsp3) is 0.591. The Morgan fingerprint density at radius 2 is 1.83 bits per heavy atom. The van der Waals surface area contributed by atoms with Gasteiger partial charge in [0.05, 0.1) is 11.4 Å². The topological polar surface area (TPSA) is 63.1 Å². The summed E-state index contributed by atoms with van der Waals surface area (Å²) in [4.78, 5) is 14.9. The molecule has 156 valence electrons. The van der Waals surface area contributed by atoms with E-state index in [9.17, 15) is 4.79 Å². The average Bonchev–Trinajstić information content (AvgIpc) is 3.19. The number of amides is 1. The number of benzene rings is 1. The Morgan fingerprint density at radius 3 is 2.59 bits per heavy atom. The quantitative estimate of drug-likeness (QED) is 0.724. The Balaban J connectivity index is 1.48. The van der Waals surface area contributed by atoms with Crippen molar-refractivity contribution >= 4 is 23.6 Å². The van der Waals surface area contributed by atoms with E-state index in [2.05, 4.69) is 44.0 Å². The molecule has 0 bridgehead atoms. The highest BCUT2D eigenvalue weighted by molar-refractivity contribution is 7.99. The van der Waals surface area contributed by atoms with E-state index < -0.39 is 0 Å². The second-order valence-corrected chi connectivity index (χ2v) is 9.17. The summed E-state index contributed by atoms with van der Waals surface area (Å²) in [5.74, 6) is 1.92. The maximum Gasteiger partial charge on any atom is 0.232 e. The third kappa shape index (κ3) is 4.94. The molecular weight excluding hydrogens is 382 g/mol. The molecule has 2 heterocycles. The Bertz CT molecular complexity index is 803. The van der Waals surface area contributed by atoms with Gasteiger partial charge in [-0.25, -0.2) is 0 Å². The average molecular weight is 414 g/mol. The van der Waals surface area contributed by atoms with Crippen LogP contribution in [0, 0.1) is 5.92 Å². The molecule has 2 aliphatic rings. The van der Waals surface area contributed by atoms with Crippen molar-refractivity contribution in [2.45, 2.75) is 63.1 Å². The van der Waals surface area contributed by atoms with Gasteiger partial charge in [0.2, 0.25) is 11.9 Å². The van der Waals surface area contributed by atoms with Crippen LogP contribution in [0.25, 0.3) is 5.69 Å². The Labute approximate surface area is 177 Å². The van der Waals surface area contributed by atoms with Gasteiger partial charge in [0.1, 0.15) is 0 Å². The predicted molar refractivity (Wildman–Crippen MR) is 118 cm³/mol. The van der Waals surface area contributed by atoms with Crippen LogP contribution in [0.5, 0.6) is 0 Å². The summed E-state index contributed by atoms with van der Waals surface area (Å²) >= 11 is 1.48. The highest BCUT2D eigenvalue weighted by Crippen LogP contribution is 2.28. The molecule has 1 aromatic heterocycles. The highest BCUT2D eigenvalue weighted by Gasteiger charge is 2.24. The standard InChI is InChI=1S/C22H31N5OS/c1-17-10-6-7-13-19(17)23-20(28)16-29-22-25-24-21(26-14-8-3-9-15-26)27(22)18-11-4-2-5-12-18/h2,4-5,11-12,17,19H,3,6-10,13-16H2,1H3,(H,23,28)/t17-,19+/m1/s1. The first-order valence-electron chi connectivity index (χ1n) is 10.9. The van der Waals surface area contributed by atoms with Gasteiger partial charge in [-0.3, -0.25) is 9.36 Å². The Hall–Kier alpha value is -2.02. The van der Waals surface area contributed by atoms with E-state index in [0.717, 1.165) is 36.3 Å². The maximum absolute atomic E-state index is 12.6. The molecule has 7 heteroatoms. The molecule has 1 saturated carbocycles. The lowest BCUT2D eigenvalue weighted by atomic mass is 9.86. The molecule has 0 radical (unpaired) electrons. The molecule has 1 aliphatic heterocycles. The fourth-order valence-corrected chi connectivity index (χ4v) is 5.12. The normalized spacial score (nSPS) is 22.4. The van der Waals surface area contributed by atoms with Gasteiger partial charge in [0.15, 0.2) is 5.16 Å². The van der Waals surface area contributed by atoms with E-state index >= 15 is 0 Å². The van der Waals surface area contributed by atoms with Crippen LogP contribution in [0.4, 0.5) is 5.95 Å². The minimum Gasteiger partial charge on any atom is -0.352 e. The van der Waals surface area contributed by atoms with Crippen LogP contribution in [0.2, 0.25) is 0 Å². The van der Waals surface area contributed by atoms with E-state index in [-0.39, 0.29) is 5.91 Å². The van der Waals surface area contributed by atoms with Crippen molar-refractivity contribution in [3.63, 3.8) is 0 Å². The van der Waals surface area contributed by atoms with E-state index in [1.165, 1.54) is 50.3 Å². The third-order valence-corrected chi connectivity index (χ3v) is 6.99. The van der Waals surface area contributed by atoms with Crippen molar-refractivity contribution < 1.29 is 4.79 Å². The summed E-state index contributed by atoms with van der Waals surface area (Å²) in [6.07, 6.45) is 8.44. The number of carbonyl (C=O) groups is 1. The zero-order chi connectivity index (χ0) is 20.1. The third-order valence-electron chi connectivity index (χ3n) is 6.06. The van der Waals surface area contributed by atoms with E-state index in [1.54, 1.807) is 0 Å². The lowest BCUT2D eigenvalue weighted by Gasteiger charge is -2.29. The number of nitrogens with one attached hydrogen (secondary N) is 1. The number of anilines is 1. The number of hydrogen-bond donors (Lipinski definition) is 1. The van der Waals surface area contributed by atoms with Gasteiger partial charge in [-0.2, -0.15) is 0 Å². The second-order valence-electron chi connectivity index (χ2n) is 8.23. The van der Waals surface area contributed by atoms with E-state index in [4.69, 9.17) is 0 Å². The molecular formula is C22H31N5OS. The minimum atomic E-state index is 0.0934. The molecule has 1 aliphatic carbocycles. The van der Waals surface area contributed by atoms with Crippen molar-refractivity contribution in [3.8, 4) is 5.69 Å². The number of piperidine rings is 1. The first kappa shape index (κ1) is 20.3. The summed E-state index contributed by atoms with van der Waals surface area (Å²) in [5, 5.41) is 13.0. The van der Waals surface area contributed by atoms with Gasteiger partial charge in [-0.15, -0.1) is 10.2 Å². The van der Waals surface area contributed by atoms with Crippen LogP contribution >= 0.6 is 11.8 Å². The maximum atomic E-state index is 12.6. The van der Waals surface area contributed by atoms with Gasteiger partial charge in [-0.05, 0) is 50.2 Å². The second kappa shape index (κ2) is 9.65. The molecule has 1 saturated heterocycles. The predicted octanol–water partition coefficient (Wildman–Crippen LogP) is 4.04. The summed E-state index contributed by atoms with van der Waals surface area (Å²) in [7, 11) is 0. The van der Waals surface area contributed by atoms with Crippen molar-refractivity contribution in [2.75, 3.05) is 23.7 Å². The van der Waals surface area contributed by atoms with Crippen molar-refractivity contribution in [3.05, 3.63) is 30.3 Å². The van der Waals surface area contributed by atoms with Crippen LogP contribution < -0.4 is 10.2 Å². The highest BCUT2D eigenvalue weighted by atomic mass is 32.2. The molecule has 1 N–H and O–H groups in total. The largest absolute Gasteiger partial charge is 0.352 e. The minimum absolute atomic E-state index is 0.0934. The van der Waals surface area contributed by atoms with Crippen LogP contribution in [0.15, 0.2) is 35.5 Å². The number of aromatic nitrogens is 3. The molecule has 2 aromatic rings. The van der Waals surface area contributed by atoms with Crippen LogP contribution in [0.3, 0.4) is 0 Å². The Morgan fingerprint density at radius 1 is 1.07 bits per heavy atom. The molecule has 0 unspecified atom stereocenters. The van der Waals surface area contributed by atoms with Gasteiger partial charge >= 0.3 is 0 Å². The number of rotatable bonds is 6. The monoisotopic (exact) mass is 413 g/mol. The molecule has 1 amide bonds. The van der Waals surface area contributed by atoms with E-state index in [1.807, 2.05) is 18.2 Å². The lowest BCUT2D eigenvalue weighted by Crippen LogP contribution is -2.41. The summed E-state index contributed by atoms with van der Waals surface area (Å²) in [5.41, 5.74) is 1.04. The van der Waals surface area contributed by atoms with Gasteiger partial charge < -0.3 is 10.2 Å². The molecule has 29 heavy (non-hydrogen) atoms. The first-order valence-corrected chi connectivity index (χ1v) is 11.9. The fourth-order valence-electron chi connectivity index (χ4n) is 4.37. The Kier molecular flexibility index (Phi) is 6.74. The van der Waals surface area contributed by atoms with Crippen molar-refractivity contribution in [2.24, 2.45) is 5.92 Å². The molecule has 6 nitrogen and oxygen atoms in total. The number of hydrogen-bond acceptors (Lipinski definition) is 5. The molecule has 4 rings (SSSR count). The van der Waals surface area contributed by atoms with Gasteiger partial charge in [0.25, 0.3) is 0 Å². The van der Waals surface area contributed by atoms with Crippen LogP contribution in [-0.4, -0.2) is 45.6 Å². The van der Waals surface area contributed by atoms with Crippen molar-refractivity contribution in [1.82, 2.24) is 20.1 Å². The zero-order valence-electron chi connectivity index (χ0n) is 17.2. The molecule has 0 spiro atoms. The number of carbonyl (C=O) groups excluding carboxylic acids is 1. The summed E-state index contributed by atoms with van der Waals surface area (Å²) in [6, 6.07) is 10.5. The zero-order valence-corrected chi connectivity index (χ0v) is 18.0. The molecule has 2 atom stereocenters. The molecule has 1 aromatic carbocycles. The van der Waals surface area contributed by atoms with Gasteiger partial charge in [0, 0.05) is 19.1 Å². The van der Waals surface area contributed by atoms with Crippen LogP contribution in [-0.2, 0) is 4.79 Å². The first-order chi connectivity index (χ1) is 14.2. The smallest absolute Gasteiger partial charge is 0.232 e. The van der Waals surface area contributed by atoms with Gasteiger partial charge in [-0.1, -0.05) is 49.7 Å². The number of nitrogens with zero attached hydrogens (tertiary/aromatic N) is 4. The SMILES string of the molecule is C[C@@H]1CCCC[C@@H]1NC(=O)CSc1nnc(N2CCCCC2)n1-c1ccccc1. The summed E-state index contributed by atoms with van der Waals surface area (Å²) < 4.78 is 2.10. The number of thioether (sulfide) groups is 1. The van der Waals surface area contributed by atoms with Crippen molar-refractivity contribution in [1.29, 1.82) is 0 Å². The lowest BCUT2D eigenvalue weighted by molar-refractivity contribution is -0.119. The summed E-state index contributed by atoms with van der Waals surface area (Å²) in [6.45, 7) is 4.26.